The van der Waals surface area contributed by atoms with Crippen molar-refractivity contribution in [3.05, 3.63) is 0 Å². The average molecular weight is 280 g/mol. The van der Waals surface area contributed by atoms with E-state index in [-0.39, 0.29) is 12.2 Å². The lowest BCUT2D eigenvalue weighted by Gasteiger charge is -2.46. The first kappa shape index (κ1) is 14.8. The van der Waals surface area contributed by atoms with E-state index in [1.54, 1.807) is 0 Å². The molecule has 20 heavy (non-hydrogen) atoms. The van der Waals surface area contributed by atoms with E-state index >= 15 is 0 Å². The van der Waals surface area contributed by atoms with Crippen LogP contribution in [0.25, 0.3) is 0 Å². The minimum atomic E-state index is -0.0707. The minimum Gasteiger partial charge on any atom is -0.393 e. The third-order valence-corrected chi connectivity index (χ3v) is 7.14. The van der Waals surface area contributed by atoms with Crippen molar-refractivity contribution in [1.82, 2.24) is 0 Å². The van der Waals surface area contributed by atoms with E-state index in [2.05, 4.69) is 20.8 Å². The molecule has 0 aliphatic heterocycles. The smallest absolute Gasteiger partial charge is 0.0543 e. The predicted molar refractivity (Wildman–Crippen MR) is 81.3 cm³/mol. The summed E-state index contributed by atoms with van der Waals surface area (Å²) >= 11 is 0. The lowest BCUT2D eigenvalue weighted by Crippen LogP contribution is -2.40. The lowest BCUT2D eigenvalue weighted by atomic mass is 9.60. The number of rotatable bonds is 1. The van der Waals surface area contributed by atoms with E-state index in [0.717, 1.165) is 37.5 Å². The maximum atomic E-state index is 10.2. The standard InChI is InChI=1S/C18H32O2/c1-17(2)11-18(3,12-4-6-13(19)7-5-12)16-10-14(20)8-9-15(16)17/h12-16,19-20H,4-11H2,1-3H3. The van der Waals surface area contributed by atoms with Crippen molar-refractivity contribution in [3.8, 4) is 0 Å². The van der Waals surface area contributed by atoms with Gasteiger partial charge in [-0.1, -0.05) is 20.8 Å². The van der Waals surface area contributed by atoms with E-state index < -0.39 is 0 Å². The Kier molecular flexibility index (Phi) is 3.70. The first-order chi connectivity index (χ1) is 9.33. The summed E-state index contributed by atoms with van der Waals surface area (Å²) < 4.78 is 0. The molecule has 3 aliphatic carbocycles. The van der Waals surface area contributed by atoms with Gasteiger partial charge in [0.05, 0.1) is 12.2 Å². The molecule has 4 atom stereocenters. The molecule has 116 valence electrons. The highest BCUT2D eigenvalue weighted by Crippen LogP contribution is 2.65. The summed E-state index contributed by atoms with van der Waals surface area (Å²) in [7, 11) is 0. The number of hydrogen-bond donors (Lipinski definition) is 2. The second kappa shape index (κ2) is 4.98. The van der Waals surface area contributed by atoms with Crippen molar-refractivity contribution < 1.29 is 10.2 Å². The van der Waals surface area contributed by atoms with Crippen LogP contribution >= 0.6 is 0 Å². The zero-order chi connectivity index (χ0) is 14.5. The molecule has 0 heterocycles. The van der Waals surface area contributed by atoms with Gasteiger partial charge in [-0.2, -0.15) is 0 Å². The summed E-state index contributed by atoms with van der Waals surface area (Å²) in [4.78, 5) is 0. The number of hydrogen-bond acceptors (Lipinski definition) is 2. The van der Waals surface area contributed by atoms with E-state index in [1.807, 2.05) is 0 Å². The second-order valence-electron chi connectivity index (χ2n) is 8.86. The molecule has 0 radical (unpaired) electrons. The molecule has 0 amide bonds. The molecule has 2 nitrogen and oxygen atoms in total. The highest BCUT2D eigenvalue weighted by atomic mass is 16.3. The van der Waals surface area contributed by atoms with Gasteiger partial charge in [-0.05, 0) is 80.0 Å². The van der Waals surface area contributed by atoms with Gasteiger partial charge < -0.3 is 10.2 Å². The molecule has 4 unspecified atom stereocenters. The number of aliphatic hydroxyl groups is 2. The highest BCUT2D eigenvalue weighted by Gasteiger charge is 2.58. The molecule has 0 aromatic carbocycles. The van der Waals surface area contributed by atoms with E-state index in [4.69, 9.17) is 0 Å². The molecular formula is C18H32O2. The third-order valence-electron chi connectivity index (χ3n) is 7.14. The van der Waals surface area contributed by atoms with Crippen molar-refractivity contribution in [3.63, 3.8) is 0 Å². The molecule has 0 spiro atoms. The molecule has 0 saturated heterocycles. The van der Waals surface area contributed by atoms with E-state index in [1.165, 1.54) is 25.7 Å². The average Bonchev–Trinajstić information content (AvgIpc) is 2.58. The molecule has 3 aliphatic rings. The van der Waals surface area contributed by atoms with Gasteiger partial charge in [0.1, 0.15) is 0 Å². The molecule has 3 rings (SSSR count). The van der Waals surface area contributed by atoms with Gasteiger partial charge in [0.25, 0.3) is 0 Å². The van der Waals surface area contributed by atoms with Crippen LogP contribution in [-0.2, 0) is 0 Å². The summed E-state index contributed by atoms with van der Waals surface area (Å²) in [6.07, 6.45) is 8.76. The zero-order valence-electron chi connectivity index (χ0n) is 13.4. The Morgan fingerprint density at radius 2 is 1.35 bits per heavy atom. The Morgan fingerprint density at radius 1 is 0.750 bits per heavy atom. The second-order valence-corrected chi connectivity index (χ2v) is 8.86. The third kappa shape index (κ3) is 2.33. The fraction of sp³-hybridized carbons (Fsp3) is 1.00. The van der Waals surface area contributed by atoms with Crippen LogP contribution in [0.5, 0.6) is 0 Å². The number of aliphatic hydroxyl groups excluding tert-OH is 2. The fourth-order valence-electron chi connectivity index (χ4n) is 6.24. The highest BCUT2D eigenvalue weighted by molar-refractivity contribution is 5.07. The maximum absolute atomic E-state index is 10.2. The SMILES string of the molecule is CC1(C)CC(C)(C2CCC(O)CC2)C2CC(O)CCC21. The van der Waals surface area contributed by atoms with E-state index in [9.17, 15) is 10.2 Å². The molecule has 3 saturated carbocycles. The Hall–Kier alpha value is -0.0800. The van der Waals surface area contributed by atoms with Crippen LogP contribution in [0.4, 0.5) is 0 Å². The van der Waals surface area contributed by atoms with Gasteiger partial charge in [0.15, 0.2) is 0 Å². The van der Waals surface area contributed by atoms with Crippen molar-refractivity contribution in [2.75, 3.05) is 0 Å². The van der Waals surface area contributed by atoms with Crippen LogP contribution in [0.3, 0.4) is 0 Å². The Morgan fingerprint density at radius 3 is 2.00 bits per heavy atom. The van der Waals surface area contributed by atoms with Crippen molar-refractivity contribution in [2.45, 2.75) is 84.3 Å². The molecule has 0 aromatic rings. The first-order valence-corrected chi connectivity index (χ1v) is 8.69. The summed E-state index contributed by atoms with van der Waals surface area (Å²) in [5.41, 5.74) is 0.811. The van der Waals surface area contributed by atoms with E-state index in [0.29, 0.717) is 16.7 Å². The summed E-state index contributed by atoms with van der Waals surface area (Å²) in [5, 5.41) is 19.9. The van der Waals surface area contributed by atoms with Gasteiger partial charge in [-0.25, -0.2) is 0 Å². The Labute approximate surface area is 124 Å². The number of fused-ring (bicyclic) bond motifs is 1. The van der Waals surface area contributed by atoms with Crippen molar-refractivity contribution in [2.24, 2.45) is 28.6 Å². The first-order valence-electron chi connectivity index (χ1n) is 8.69. The fourth-order valence-corrected chi connectivity index (χ4v) is 6.24. The Bertz CT molecular complexity index is 356. The zero-order valence-corrected chi connectivity index (χ0v) is 13.4. The summed E-state index contributed by atoms with van der Waals surface area (Å²) in [6, 6.07) is 0. The normalized spacial score (nSPS) is 51.8. The molecule has 2 heteroatoms. The van der Waals surface area contributed by atoms with Crippen LogP contribution in [-0.4, -0.2) is 22.4 Å². The van der Waals surface area contributed by atoms with Gasteiger partial charge >= 0.3 is 0 Å². The molecule has 2 N–H and O–H groups in total. The van der Waals surface area contributed by atoms with Gasteiger partial charge in [0.2, 0.25) is 0 Å². The van der Waals surface area contributed by atoms with Crippen molar-refractivity contribution >= 4 is 0 Å². The van der Waals surface area contributed by atoms with Crippen molar-refractivity contribution in [1.29, 1.82) is 0 Å². The lowest BCUT2D eigenvalue weighted by molar-refractivity contribution is -0.0128. The largest absolute Gasteiger partial charge is 0.393 e. The minimum absolute atomic E-state index is 0.0583. The Balaban J connectivity index is 1.83. The molecule has 0 aromatic heterocycles. The van der Waals surface area contributed by atoms with Crippen LogP contribution in [0.2, 0.25) is 0 Å². The van der Waals surface area contributed by atoms with Gasteiger partial charge in [-0.3, -0.25) is 0 Å². The van der Waals surface area contributed by atoms with Crippen LogP contribution < -0.4 is 0 Å². The predicted octanol–water partition coefficient (Wildman–Crippen LogP) is 3.75. The quantitative estimate of drug-likeness (QED) is 0.768. The van der Waals surface area contributed by atoms with Crippen LogP contribution in [0.1, 0.15) is 72.1 Å². The summed E-state index contributed by atoms with van der Waals surface area (Å²) in [6.45, 7) is 7.40. The molecule has 0 bridgehead atoms. The topological polar surface area (TPSA) is 40.5 Å². The van der Waals surface area contributed by atoms with Gasteiger partial charge in [0, 0.05) is 0 Å². The summed E-state index contributed by atoms with van der Waals surface area (Å²) in [5.74, 6) is 2.25. The van der Waals surface area contributed by atoms with Gasteiger partial charge in [-0.15, -0.1) is 0 Å². The maximum Gasteiger partial charge on any atom is 0.0543 e. The molecule has 3 fully saturated rings. The monoisotopic (exact) mass is 280 g/mol. The van der Waals surface area contributed by atoms with Crippen LogP contribution in [0, 0.1) is 28.6 Å². The van der Waals surface area contributed by atoms with Crippen LogP contribution in [0.15, 0.2) is 0 Å². The molecular weight excluding hydrogens is 248 g/mol.